The van der Waals surface area contributed by atoms with Crippen molar-refractivity contribution in [3.63, 3.8) is 0 Å². The smallest absolute Gasteiger partial charge is 0.416 e. The summed E-state index contributed by atoms with van der Waals surface area (Å²) in [5.41, 5.74) is 0.623. The Balaban J connectivity index is 1.54. The lowest BCUT2D eigenvalue weighted by Gasteiger charge is -2.31. The van der Waals surface area contributed by atoms with E-state index < -0.39 is 30.2 Å². The van der Waals surface area contributed by atoms with E-state index >= 15 is 0 Å². The Morgan fingerprint density at radius 1 is 1.09 bits per heavy atom. The van der Waals surface area contributed by atoms with Crippen LogP contribution >= 0.6 is 0 Å². The second-order valence-corrected chi connectivity index (χ2v) is 7.45. The third-order valence-electron chi connectivity index (χ3n) is 4.91. The molecule has 0 aliphatic carbocycles. The number of rotatable bonds is 8. The molecule has 1 saturated heterocycles. The van der Waals surface area contributed by atoms with Crippen LogP contribution in [0.2, 0.25) is 0 Å². The van der Waals surface area contributed by atoms with Crippen molar-refractivity contribution in [2.45, 2.75) is 19.5 Å². The second-order valence-electron chi connectivity index (χ2n) is 7.45. The maximum atomic E-state index is 13.2. The molecule has 0 radical (unpaired) electrons. The number of anilines is 2. The molecule has 2 aromatic rings. The number of nitrogens with one attached hydrogen (secondary N) is 1. The largest absolute Gasteiger partial charge is 0.493 e. The van der Waals surface area contributed by atoms with Crippen molar-refractivity contribution >= 4 is 23.3 Å². The minimum absolute atomic E-state index is 0.00419. The highest BCUT2D eigenvalue weighted by Crippen LogP contribution is 2.35. The van der Waals surface area contributed by atoms with E-state index in [1.54, 1.807) is 12.1 Å². The first-order chi connectivity index (χ1) is 15.7. The topological polar surface area (TPSA) is 77.1 Å². The Bertz CT molecular complexity index is 958. The maximum absolute atomic E-state index is 13.2. The number of morpholine rings is 1. The van der Waals surface area contributed by atoms with E-state index in [0.29, 0.717) is 37.7 Å². The highest BCUT2D eigenvalue weighted by molar-refractivity contribution is 5.96. The second kappa shape index (κ2) is 11.0. The van der Waals surface area contributed by atoms with Crippen LogP contribution in [-0.4, -0.2) is 51.4 Å². The van der Waals surface area contributed by atoms with E-state index in [2.05, 4.69) is 5.32 Å². The number of hydrogen-bond acceptors (Lipinski definition) is 6. The molecule has 1 amide bonds. The molecule has 178 valence electrons. The third kappa shape index (κ3) is 7.38. The van der Waals surface area contributed by atoms with E-state index in [4.69, 9.17) is 14.2 Å². The van der Waals surface area contributed by atoms with Gasteiger partial charge < -0.3 is 24.4 Å². The van der Waals surface area contributed by atoms with Crippen molar-refractivity contribution in [3.8, 4) is 5.75 Å². The first-order valence-electron chi connectivity index (χ1n) is 10.4. The maximum Gasteiger partial charge on any atom is 0.416 e. The van der Waals surface area contributed by atoms with Gasteiger partial charge in [-0.2, -0.15) is 13.2 Å². The van der Waals surface area contributed by atoms with E-state index in [-0.39, 0.29) is 18.7 Å². The van der Waals surface area contributed by atoms with Crippen LogP contribution in [0.15, 0.2) is 42.5 Å². The molecular formula is C23H25F3N2O5. The van der Waals surface area contributed by atoms with Gasteiger partial charge in [-0.1, -0.05) is 17.7 Å². The van der Waals surface area contributed by atoms with E-state index in [9.17, 15) is 22.8 Å². The Kier molecular flexibility index (Phi) is 8.16. The van der Waals surface area contributed by atoms with Crippen LogP contribution in [0.4, 0.5) is 24.5 Å². The molecule has 10 heteroatoms. The first-order valence-corrected chi connectivity index (χ1v) is 10.4. The van der Waals surface area contributed by atoms with Gasteiger partial charge in [0.05, 0.1) is 43.2 Å². The molecule has 33 heavy (non-hydrogen) atoms. The normalized spacial score (nSPS) is 14.0. The zero-order valence-electron chi connectivity index (χ0n) is 18.1. The van der Waals surface area contributed by atoms with Crippen molar-refractivity contribution < 1.29 is 37.0 Å². The minimum Gasteiger partial charge on any atom is -0.493 e. The number of esters is 1. The molecule has 1 heterocycles. The molecule has 0 spiro atoms. The van der Waals surface area contributed by atoms with Gasteiger partial charge in [0.15, 0.2) is 6.61 Å². The Morgan fingerprint density at radius 3 is 2.45 bits per heavy atom. The van der Waals surface area contributed by atoms with Crippen LogP contribution in [0.3, 0.4) is 0 Å². The number of carbonyl (C=O) groups is 2. The van der Waals surface area contributed by atoms with Crippen molar-refractivity contribution in [2.24, 2.45) is 0 Å². The minimum atomic E-state index is -4.56. The van der Waals surface area contributed by atoms with Gasteiger partial charge in [-0.3, -0.25) is 9.59 Å². The van der Waals surface area contributed by atoms with Crippen LogP contribution in [-0.2, 0) is 25.2 Å². The fourth-order valence-electron chi connectivity index (χ4n) is 3.18. The van der Waals surface area contributed by atoms with Gasteiger partial charge >= 0.3 is 12.1 Å². The zero-order chi connectivity index (χ0) is 23.8. The van der Waals surface area contributed by atoms with Crippen molar-refractivity contribution in [1.82, 2.24) is 0 Å². The van der Waals surface area contributed by atoms with Gasteiger partial charge in [-0.25, -0.2) is 0 Å². The Hall–Kier alpha value is -3.27. The van der Waals surface area contributed by atoms with E-state index in [0.717, 1.165) is 17.7 Å². The standard InChI is InChI=1S/C23H25F3N2O5/c1-16-2-5-18(6-3-16)32-11-8-22(30)33-15-21(29)27-19-14-17(23(24,25)26)4-7-20(19)28-9-12-31-13-10-28/h2-7,14H,8-13,15H2,1H3,(H,27,29). The van der Waals surface area contributed by atoms with Crippen LogP contribution in [0.25, 0.3) is 0 Å². The van der Waals surface area contributed by atoms with Gasteiger partial charge in [0.25, 0.3) is 5.91 Å². The van der Waals surface area contributed by atoms with Gasteiger partial charge in [0.2, 0.25) is 0 Å². The molecule has 0 saturated carbocycles. The number of ether oxygens (including phenoxy) is 3. The van der Waals surface area contributed by atoms with E-state index in [1.807, 2.05) is 24.0 Å². The fraction of sp³-hybridized carbons (Fsp3) is 0.391. The van der Waals surface area contributed by atoms with Gasteiger partial charge in [-0.15, -0.1) is 0 Å². The quantitative estimate of drug-likeness (QED) is 0.597. The van der Waals surface area contributed by atoms with E-state index in [1.165, 1.54) is 6.07 Å². The summed E-state index contributed by atoms with van der Waals surface area (Å²) in [7, 11) is 0. The summed E-state index contributed by atoms with van der Waals surface area (Å²) in [6.45, 7) is 3.19. The van der Waals surface area contributed by atoms with Crippen molar-refractivity contribution in [1.29, 1.82) is 0 Å². The van der Waals surface area contributed by atoms with Gasteiger partial charge in [-0.05, 0) is 37.3 Å². The summed E-state index contributed by atoms with van der Waals surface area (Å²) in [6.07, 6.45) is -4.64. The average molecular weight is 466 g/mol. The number of alkyl halides is 3. The molecule has 0 aromatic heterocycles. The SMILES string of the molecule is Cc1ccc(OCCC(=O)OCC(=O)Nc2cc(C(F)(F)F)ccc2N2CCOCC2)cc1. The number of aryl methyl sites for hydroxylation is 1. The first kappa shape index (κ1) is 24.4. The molecule has 1 fully saturated rings. The average Bonchev–Trinajstić information content (AvgIpc) is 2.79. The fourth-order valence-corrected chi connectivity index (χ4v) is 3.18. The number of hydrogen-bond donors (Lipinski definition) is 1. The van der Waals surface area contributed by atoms with Crippen LogP contribution in [0.5, 0.6) is 5.75 Å². The molecule has 7 nitrogen and oxygen atoms in total. The zero-order valence-corrected chi connectivity index (χ0v) is 18.1. The monoisotopic (exact) mass is 466 g/mol. The summed E-state index contributed by atoms with van der Waals surface area (Å²) in [5.74, 6) is -0.794. The van der Waals surface area contributed by atoms with Crippen LogP contribution in [0.1, 0.15) is 17.5 Å². The molecule has 1 aliphatic rings. The molecular weight excluding hydrogens is 441 g/mol. The Morgan fingerprint density at radius 2 is 1.79 bits per heavy atom. The summed E-state index contributed by atoms with van der Waals surface area (Å²) < 4.78 is 55.1. The predicted octanol–water partition coefficient (Wildman–Crippen LogP) is 3.80. The molecule has 1 aliphatic heterocycles. The lowest BCUT2D eigenvalue weighted by Crippen LogP contribution is -2.37. The highest BCUT2D eigenvalue weighted by Gasteiger charge is 2.32. The predicted molar refractivity (Wildman–Crippen MR) is 115 cm³/mol. The van der Waals surface area contributed by atoms with Crippen LogP contribution in [0, 0.1) is 6.92 Å². The summed E-state index contributed by atoms with van der Waals surface area (Å²) >= 11 is 0. The number of carbonyl (C=O) groups excluding carboxylic acids is 2. The number of amides is 1. The third-order valence-corrected chi connectivity index (χ3v) is 4.91. The molecule has 0 bridgehead atoms. The molecule has 1 N–H and O–H groups in total. The molecule has 3 rings (SSSR count). The summed E-state index contributed by atoms with van der Waals surface area (Å²) in [4.78, 5) is 26.0. The molecule has 0 unspecified atom stereocenters. The number of halogens is 3. The Labute approximate surface area is 189 Å². The summed E-state index contributed by atoms with van der Waals surface area (Å²) in [5, 5.41) is 2.43. The lowest BCUT2D eigenvalue weighted by molar-refractivity contribution is -0.147. The number of nitrogens with zero attached hydrogens (tertiary/aromatic N) is 1. The van der Waals surface area contributed by atoms with Gasteiger partial charge in [0, 0.05) is 13.1 Å². The van der Waals surface area contributed by atoms with Crippen LogP contribution < -0.4 is 15.0 Å². The highest BCUT2D eigenvalue weighted by atomic mass is 19.4. The molecule has 0 atom stereocenters. The molecule has 2 aromatic carbocycles. The van der Waals surface area contributed by atoms with Gasteiger partial charge in [0.1, 0.15) is 5.75 Å². The lowest BCUT2D eigenvalue weighted by atomic mass is 10.1. The van der Waals surface area contributed by atoms with Crippen molar-refractivity contribution in [2.75, 3.05) is 49.7 Å². The van der Waals surface area contributed by atoms with Crippen molar-refractivity contribution in [3.05, 3.63) is 53.6 Å². The number of benzene rings is 2. The summed E-state index contributed by atoms with van der Waals surface area (Å²) in [6, 6.07) is 10.4.